The molecule has 0 unspecified atom stereocenters. The third-order valence-corrected chi connectivity index (χ3v) is 15.0. The second-order valence-electron chi connectivity index (χ2n) is 19.0. The first-order chi connectivity index (χ1) is 36.4. The summed E-state index contributed by atoms with van der Waals surface area (Å²) in [5.74, 6) is -5.35. The predicted octanol–water partition coefficient (Wildman–Crippen LogP) is 1.34. The van der Waals surface area contributed by atoms with E-state index in [0.717, 1.165) is 27.8 Å². The molecule has 21 nitrogen and oxygen atoms in total. The molecule has 4 aromatic rings. The highest BCUT2D eigenvalue weighted by atomic mass is 32.2. The molecule has 400 valence electrons. The number of ether oxygens (including phenoxy) is 1. The monoisotopic (exact) mass is 1060 g/mol. The molecule has 2 aromatic heterocycles. The Morgan fingerprint density at radius 3 is 2.33 bits per heavy atom. The van der Waals surface area contributed by atoms with E-state index in [0.29, 0.717) is 71.1 Å². The fourth-order valence-corrected chi connectivity index (χ4v) is 10.8. The first-order valence-corrected chi connectivity index (χ1v) is 26.1. The highest BCUT2D eigenvalue weighted by Crippen LogP contribution is 2.47. The van der Waals surface area contributed by atoms with Gasteiger partial charge in [0.2, 0.25) is 35.4 Å². The number of thioether (sulfide) groups is 1. The fraction of sp³-hybridized carbons (Fsp3) is 0.415. The summed E-state index contributed by atoms with van der Waals surface area (Å²) in [6.07, 6.45) is 4.99. The summed E-state index contributed by atoms with van der Waals surface area (Å²) in [7, 11) is 1.66. The van der Waals surface area contributed by atoms with E-state index in [2.05, 4.69) is 26.6 Å². The Hall–Kier alpha value is -7.79. The van der Waals surface area contributed by atoms with E-state index in [1.54, 1.807) is 62.2 Å². The topological polar surface area (TPSA) is 285 Å². The van der Waals surface area contributed by atoms with Crippen LogP contribution < -0.4 is 32.1 Å². The number of amides is 8. The highest BCUT2D eigenvalue weighted by Gasteiger charge is 2.46. The Labute approximate surface area is 439 Å². The van der Waals surface area contributed by atoms with Crippen molar-refractivity contribution in [3.8, 4) is 11.4 Å². The second kappa shape index (κ2) is 23.4. The van der Waals surface area contributed by atoms with Crippen LogP contribution in [0.15, 0.2) is 59.4 Å². The maximum absolute atomic E-state index is 15.5. The molecule has 3 atom stereocenters. The maximum atomic E-state index is 15.5. The quantitative estimate of drug-likeness (QED) is 0.0247. The van der Waals surface area contributed by atoms with E-state index in [-0.39, 0.29) is 79.4 Å². The van der Waals surface area contributed by atoms with Crippen molar-refractivity contribution in [3.05, 3.63) is 110 Å². The van der Waals surface area contributed by atoms with Crippen LogP contribution in [0.3, 0.4) is 0 Å². The van der Waals surface area contributed by atoms with Gasteiger partial charge in [-0.3, -0.25) is 48.1 Å². The SMILES string of the molecule is CC[C@@]1(O)C(=O)OCc2c1cc1n(c2=O)Cc2c-1nc1cc(F)c(C)c3c1c2[C@@H](N(C)C(=O)CSCNC(=O)CNC(=O)[C@H](Cc1ccccc1)NC(=O)CNC(=O)CNC(=O)CCCCCN1C(=O)C=CC1=O)CC3. The molecule has 0 saturated carbocycles. The number of halogens is 1. The average molecular weight is 1060 g/mol. The van der Waals surface area contributed by atoms with Crippen LogP contribution in [0, 0.1) is 12.7 Å². The third-order valence-electron chi connectivity index (χ3n) is 14.2. The fourth-order valence-electron chi connectivity index (χ4n) is 10.0. The van der Waals surface area contributed by atoms with Crippen molar-refractivity contribution in [2.75, 3.05) is 44.9 Å². The van der Waals surface area contributed by atoms with Gasteiger partial charge in [-0.05, 0) is 67.3 Å². The molecule has 4 aliphatic rings. The number of carbonyl (C=O) groups is 9. The Balaban J connectivity index is 0.818. The number of esters is 1. The van der Waals surface area contributed by atoms with Crippen molar-refractivity contribution in [1.29, 1.82) is 0 Å². The van der Waals surface area contributed by atoms with Crippen molar-refractivity contribution in [1.82, 2.24) is 45.9 Å². The number of hydrogen-bond donors (Lipinski definition) is 6. The van der Waals surface area contributed by atoms with Gasteiger partial charge in [0.05, 0.1) is 66.3 Å². The summed E-state index contributed by atoms with van der Waals surface area (Å²) in [5, 5.41) is 24.8. The maximum Gasteiger partial charge on any atom is 0.343 e. The highest BCUT2D eigenvalue weighted by molar-refractivity contribution is 7.99. The molecule has 8 amide bonds. The van der Waals surface area contributed by atoms with Crippen molar-refractivity contribution in [2.24, 2.45) is 0 Å². The van der Waals surface area contributed by atoms with Crippen molar-refractivity contribution < 1.29 is 57.4 Å². The van der Waals surface area contributed by atoms with Gasteiger partial charge < -0.3 is 45.9 Å². The summed E-state index contributed by atoms with van der Waals surface area (Å²) in [5.41, 5.74) is 2.22. The van der Waals surface area contributed by atoms with Gasteiger partial charge in [-0.2, -0.15) is 0 Å². The summed E-state index contributed by atoms with van der Waals surface area (Å²) in [6, 6.07) is 10.1. The molecule has 1 aliphatic carbocycles. The number of nitrogens with one attached hydrogen (secondary N) is 5. The van der Waals surface area contributed by atoms with Crippen molar-refractivity contribution in [3.63, 3.8) is 0 Å². The molecule has 0 bridgehead atoms. The number of hydrogen-bond acceptors (Lipinski definition) is 14. The Morgan fingerprint density at radius 2 is 1.59 bits per heavy atom. The Kier molecular flexibility index (Phi) is 16.8. The number of aryl methyl sites for hydroxylation is 1. The van der Waals surface area contributed by atoms with E-state index < -0.39 is 84.2 Å². The van der Waals surface area contributed by atoms with Crippen LogP contribution in [0.2, 0.25) is 0 Å². The number of imide groups is 1. The minimum absolute atomic E-state index is 0.00199. The van der Waals surface area contributed by atoms with E-state index in [1.807, 2.05) is 0 Å². The van der Waals surface area contributed by atoms with Gasteiger partial charge >= 0.3 is 5.97 Å². The Morgan fingerprint density at radius 1 is 0.895 bits per heavy atom. The van der Waals surface area contributed by atoms with Crippen LogP contribution >= 0.6 is 11.8 Å². The van der Waals surface area contributed by atoms with E-state index in [4.69, 9.17) is 9.72 Å². The summed E-state index contributed by atoms with van der Waals surface area (Å²) >= 11 is 1.13. The molecule has 76 heavy (non-hydrogen) atoms. The van der Waals surface area contributed by atoms with Crippen LogP contribution in [-0.2, 0) is 79.5 Å². The lowest BCUT2D eigenvalue weighted by atomic mass is 9.81. The number of pyridine rings is 2. The largest absolute Gasteiger partial charge is 0.458 e. The van der Waals surface area contributed by atoms with Gasteiger partial charge in [0.15, 0.2) is 5.60 Å². The zero-order valence-corrected chi connectivity index (χ0v) is 43.0. The molecule has 0 radical (unpaired) electrons. The van der Waals surface area contributed by atoms with Crippen LogP contribution in [0.5, 0.6) is 0 Å². The number of carbonyl (C=O) groups excluding carboxylic acids is 9. The third kappa shape index (κ3) is 11.5. The van der Waals surface area contributed by atoms with Gasteiger partial charge in [-0.15, -0.1) is 11.8 Å². The van der Waals surface area contributed by atoms with Gasteiger partial charge in [0, 0.05) is 61.2 Å². The molecule has 0 fully saturated rings. The van der Waals surface area contributed by atoms with E-state index in [9.17, 15) is 53.1 Å². The molecule has 6 N–H and O–H groups in total. The molecule has 23 heteroatoms. The predicted molar refractivity (Wildman–Crippen MR) is 274 cm³/mol. The summed E-state index contributed by atoms with van der Waals surface area (Å²) in [4.78, 5) is 136. The Bertz CT molecular complexity index is 3130. The number of unbranched alkanes of at least 4 members (excludes halogenated alkanes) is 2. The zero-order chi connectivity index (χ0) is 54.4. The lowest BCUT2D eigenvalue weighted by Crippen LogP contribution is -2.52. The lowest BCUT2D eigenvalue weighted by molar-refractivity contribution is -0.172. The van der Waals surface area contributed by atoms with Gasteiger partial charge in [-0.25, -0.2) is 14.2 Å². The molecule has 8 rings (SSSR count). The molecule has 3 aliphatic heterocycles. The van der Waals surface area contributed by atoms with Gasteiger partial charge in [-0.1, -0.05) is 43.7 Å². The number of cyclic esters (lactones) is 1. The number of rotatable bonds is 22. The summed E-state index contributed by atoms with van der Waals surface area (Å²) < 4.78 is 22.2. The van der Waals surface area contributed by atoms with E-state index >= 15 is 4.39 Å². The molecule has 5 heterocycles. The molecule has 0 spiro atoms. The van der Waals surface area contributed by atoms with Crippen LogP contribution in [0.4, 0.5) is 4.39 Å². The van der Waals surface area contributed by atoms with Gasteiger partial charge in [0.25, 0.3) is 17.4 Å². The van der Waals surface area contributed by atoms with Crippen LogP contribution in [-0.4, -0.2) is 129 Å². The second-order valence-corrected chi connectivity index (χ2v) is 20.0. The van der Waals surface area contributed by atoms with Crippen molar-refractivity contribution >= 4 is 75.9 Å². The zero-order valence-electron chi connectivity index (χ0n) is 42.2. The van der Waals surface area contributed by atoms with E-state index in [1.165, 1.54) is 22.8 Å². The average Bonchev–Trinajstić information content (AvgIpc) is 3.95. The number of fused-ring (bicyclic) bond motifs is 5. The minimum atomic E-state index is -2.04. The summed E-state index contributed by atoms with van der Waals surface area (Å²) in [6.45, 7) is 1.97. The number of aliphatic hydroxyl groups is 1. The first kappa shape index (κ1) is 54.5. The van der Waals surface area contributed by atoms with Crippen LogP contribution in [0.25, 0.3) is 22.3 Å². The normalized spacial score (nSPS) is 17.3. The van der Waals surface area contributed by atoms with Crippen molar-refractivity contribution in [2.45, 2.75) is 96.1 Å². The van der Waals surface area contributed by atoms with Crippen LogP contribution in [0.1, 0.15) is 90.4 Å². The lowest BCUT2D eigenvalue weighted by Gasteiger charge is -2.35. The molecular formula is C53H58FN9O12S. The van der Waals surface area contributed by atoms with Gasteiger partial charge in [0.1, 0.15) is 18.5 Å². The first-order valence-electron chi connectivity index (χ1n) is 25.0. The molecular weight excluding hydrogens is 1010 g/mol. The number of aromatic nitrogens is 2. The minimum Gasteiger partial charge on any atom is -0.458 e. The molecule has 0 saturated heterocycles. The number of nitrogens with zero attached hydrogens (tertiary/aromatic N) is 4. The smallest absolute Gasteiger partial charge is 0.343 e. The number of benzene rings is 2. The molecule has 2 aromatic carbocycles. The standard InChI is InChI=1S/C53H58FN9O12S/c1-4-53(74)34-20-39-49-32(25-63(39)51(72)33(34)26-75-52(53)73)48-38(15-14-31-29(2)35(54)21-36(60-49)47(31)48)61(3)46(70)27-76-28-58-42(66)23-57-50(71)37(19-30-11-7-5-8-12-30)59-43(67)24-56-41(65)22-55-40(64)13-9-6-10-18-62-44(68)16-17-45(62)69/h5,7-8,11-12,16-17,20-21,37-38,74H,4,6,9-10,13-15,18-19,22-28H2,1-3H3,(H,55,64)(H,56,65)(H,57,71)(H,58,66)(H,59,67)/t37-,38-,53-/m0/s1.